The molecule has 0 spiro atoms. The Hall–Kier alpha value is -2.53. The molecule has 0 bridgehead atoms. The largest absolute Gasteiger partial charge is 0.382 e. The Morgan fingerprint density at radius 1 is 1.47 bits per heavy atom. The molecule has 0 aliphatic carbocycles. The van der Waals surface area contributed by atoms with Gasteiger partial charge < -0.3 is 5.73 Å². The van der Waals surface area contributed by atoms with Gasteiger partial charge in [-0.25, -0.2) is 13.1 Å². The molecule has 7 nitrogen and oxygen atoms in total. The monoisotopic (exact) mass is 277 g/mol. The van der Waals surface area contributed by atoms with Gasteiger partial charge in [0.1, 0.15) is 17.5 Å². The first-order valence-corrected chi connectivity index (χ1v) is 7.11. The Morgan fingerprint density at radius 3 is 2.79 bits per heavy atom. The van der Waals surface area contributed by atoms with E-state index >= 15 is 0 Å². The minimum Gasteiger partial charge on any atom is -0.382 e. The maximum atomic E-state index is 11.2. The molecule has 1 heterocycles. The molecule has 0 saturated heterocycles. The first kappa shape index (κ1) is 12.9. The molecule has 0 fully saturated rings. The fourth-order valence-corrected chi connectivity index (χ4v) is 2.12. The number of nitriles is 1. The Kier molecular flexibility index (Phi) is 3.14. The maximum absolute atomic E-state index is 11.2. The predicted molar refractivity (Wildman–Crippen MR) is 71.2 cm³/mol. The lowest BCUT2D eigenvalue weighted by molar-refractivity contribution is 0.607. The van der Waals surface area contributed by atoms with E-state index < -0.39 is 10.0 Å². The summed E-state index contributed by atoms with van der Waals surface area (Å²) < 4.78 is 26.1. The van der Waals surface area contributed by atoms with Gasteiger partial charge in [-0.3, -0.25) is 4.72 Å². The predicted octanol–water partition coefficient (Wildman–Crippen LogP) is 0.698. The van der Waals surface area contributed by atoms with Crippen LogP contribution in [-0.2, 0) is 10.0 Å². The molecule has 1 aromatic carbocycles. The average molecular weight is 277 g/mol. The smallest absolute Gasteiger partial charge is 0.229 e. The van der Waals surface area contributed by atoms with Crippen LogP contribution in [0.3, 0.4) is 0 Å². The highest BCUT2D eigenvalue weighted by Crippen LogP contribution is 2.19. The van der Waals surface area contributed by atoms with Gasteiger partial charge in [0.2, 0.25) is 10.0 Å². The first-order chi connectivity index (χ1) is 8.90. The SMILES string of the molecule is CS(=O)(=O)Nc1cccc(-n2ncc(C#N)c2N)c1. The zero-order valence-electron chi connectivity index (χ0n) is 10.0. The van der Waals surface area contributed by atoms with Gasteiger partial charge in [0, 0.05) is 0 Å². The normalized spacial score (nSPS) is 10.9. The second kappa shape index (κ2) is 4.62. The summed E-state index contributed by atoms with van der Waals surface area (Å²) in [6.45, 7) is 0. The third-order valence-corrected chi connectivity index (χ3v) is 2.93. The summed E-state index contributed by atoms with van der Waals surface area (Å²) in [6.07, 6.45) is 2.42. The van der Waals surface area contributed by atoms with Crippen LogP contribution in [0.4, 0.5) is 11.5 Å². The number of benzene rings is 1. The van der Waals surface area contributed by atoms with Gasteiger partial charge in [-0.2, -0.15) is 10.4 Å². The van der Waals surface area contributed by atoms with Gasteiger partial charge in [0.15, 0.2) is 0 Å². The fraction of sp³-hybridized carbons (Fsp3) is 0.0909. The number of nitrogens with one attached hydrogen (secondary N) is 1. The molecule has 0 atom stereocenters. The van der Waals surface area contributed by atoms with Crippen LogP contribution in [0, 0.1) is 11.3 Å². The minimum atomic E-state index is -3.35. The number of anilines is 2. The number of hydrogen-bond acceptors (Lipinski definition) is 5. The molecule has 0 aliphatic rings. The van der Waals surface area contributed by atoms with Crippen molar-refractivity contribution in [1.82, 2.24) is 9.78 Å². The molecule has 0 amide bonds. The van der Waals surface area contributed by atoms with E-state index in [2.05, 4.69) is 9.82 Å². The zero-order chi connectivity index (χ0) is 14.0. The van der Waals surface area contributed by atoms with E-state index in [0.717, 1.165) is 6.26 Å². The van der Waals surface area contributed by atoms with Crippen molar-refractivity contribution in [3.05, 3.63) is 36.0 Å². The van der Waals surface area contributed by atoms with Gasteiger partial charge in [-0.05, 0) is 18.2 Å². The Balaban J connectivity index is 2.44. The number of hydrogen-bond donors (Lipinski definition) is 2. The van der Waals surface area contributed by atoms with Crippen molar-refractivity contribution < 1.29 is 8.42 Å². The summed E-state index contributed by atoms with van der Waals surface area (Å²) >= 11 is 0. The molecule has 0 radical (unpaired) electrons. The molecule has 0 aliphatic heterocycles. The number of sulfonamides is 1. The lowest BCUT2D eigenvalue weighted by Gasteiger charge is -2.07. The van der Waals surface area contributed by atoms with E-state index in [1.807, 2.05) is 6.07 Å². The van der Waals surface area contributed by atoms with Crippen molar-refractivity contribution in [2.24, 2.45) is 0 Å². The highest BCUT2D eigenvalue weighted by molar-refractivity contribution is 7.92. The molecular formula is C11H11N5O2S. The van der Waals surface area contributed by atoms with Gasteiger partial charge >= 0.3 is 0 Å². The second-order valence-corrected chi connectivity index (χ2v) is 5.64. The standard InChI is InChI=1S/C11H11N5O2S/c1-19(17,18)15-9-3-2-4-10(5-9)16-11(13)8(6-12)7-14-16/h2-5,7,15H,13H2,1H3. The number of aromatic nitrogens is 2. The zero-order valence-corrected chi connectivity index (χ0v) is 10.8. The maximum Gasteiger partial charge on any atom is 0.229 e. The summed E-state index contributed by atoms with van der Waals surface area (Å²) in [6, 6.07) is 8.47. The van der Waals surface area contributed by atoms with E-state index in [0.29, 0.717) is 11.4 Å². The van der Waals surface area contributed by atoms with Crippen molar-refractivity contribution in [3.63, 3.8) is 0 Å². The molecule has 0 unspecified atom stereocenters. The molecule has 3 N–H and O–H groups in total. The van der Waals surface area contributed by atoms with E-state index in [1.165, 1.54) is 10.9 Å². The van der Waals surface area contributed by atoms with Crippen LogP contribution in [0.25, 0.3) is 5.69 Å². The summed E-state index contributed by atoms with van der Waals surface area (Å²) in [7, 11) is -3.35. The highest BCUT2D eigenvalue weighted by Gasteiger charge is 2.09. The van der Waals surface area contributed by atoms with Crippen molar-refractivity contribution in [2.45, 2.75) is 0 Å². The molecule has 98 valence electrons. The van der Waals surface area contributed by atoms with Gasteiger partial charge in [-0.1, -0.05) is 6.07 Å². The third kappa shape index (κ3) is 2.83. The van der Waals surface area contributed by atoms with Crippen LogP contribution in [0.2, 0.25) is 0 Å². The van der Waals surface area contributed by atoms with E-state index in [9.17, 15) is 8.42 Å². The average Bonchev–Trinajstić information content (AvgIpc) is 2.68. The molecule has 19 heavy (non-hydrogen) atoms. The molecule has 8 heteroatoms. The van der Waals surface area contributed by atoms with Crippen molar-refractivity contribution in [1.29, 1.82) is 5.26 Å². The van der Waals surface area contributed by atoms with Crippen molar-refractivity contribution >= 4 is 21.5 Å². The summed E-state index contributed by atoms with van der Waals surface area (Å²) in [5.74, 6) is 0.207. The van der Waals surface area contributed by atoms with Gasteiger partial charge in [0.05, 0.1) is 23.8 Å². The lowest BCUT2D eigenvalue weighted by atomic mass is 10.3. The molecule has 0 saturated carbocycles. The van der Waals surface area contributed by atoms with Crippen LogP contribution in [0.15, 0.2) is 30.5 Å². The van der Waals surface area contributed by atoms with Crippen LogP contribution < -0.4 is 10.5 Å². The quantitative estimate of drug-likeness (QED) is 0.857. The Bertz CT molecular complexity index is 758. The first-order valence-electron chi connectivity index (χ1n) is 5.22. The highest BCUT2D eigenvalue weighted by atomic mass is 32.2. The van der Waals surface area contributed by atoms with Crippen LogP contribution in [-0.4, -0.2) is 24.5 Å². The summed E-state index contributed by atoms with van der Waals surface area (Å²) in [4.78, 5) is 0. The molecule has 2 aromatic rings. The van der Waals surface area contributed by atoms with E-state index in [1.54, 1.807) is 24.3 Å². The van der Waals surface area contributed by atoms with Crippen molar-refractivity contribution in [2.75, 3.05) is 16.7 Å². The summed E-state index contributed by atoms with van der Waals surface area (Å²) in [5, 5.41) is 12.8. The van der Waals surface area contributed by atoms with Crippen molar-refractivity contribution in [3.8, 4) is 11.8 Å². The Labute approximate surface area is 110 Å². The van der Waals surface area contributed by atoms with Gasteiger partial charge in [-0.15, -0.1) is 0 Å². The lowest BCUT2D eigenvalue weighted by Crippen LogP contribution is -2.10. The van der Waals surface area contributed by atoms with Crippen LogP contribution in [0.1, 0.15) is 5.56 Å². The fourth-order valence-electron chi connectivity index (χ4n) is 1.57. The van der Waals surface area contributed by atoms with E-state index in [-0.39, 0.29) is 11.4 Å². The molecule has 2 rings (SSSR count). The topological polar surface area (TPSA) is 114 Å². The molecule has 1 aromatic heterocycles. The van der Waals surface area contributed by atoms with Crippen LogP contribution in [0.5, 0.6) is 0 Å². The minimum absolute atomic E-state index is 0.207. The second-order valence-electron chi connectivity index (χ2n) is 3.89. The Morgan fingerprint density at radius 2 is 2.21 bits per heavy atom. The number of nitrogen functional groups attached to an aromatic ring is 1. The number of nitrogens with two attached hydrogens (primary N) is 1. The third-order valence-electron chi connectivity index (χ3n) is 2.32. The van der Waals surface area contributed by atoms with E-state index in [4.69, 9.17) is 11.0 Å². The van der Waals surface area contributed by atoms with Gasteiger partial charge in [0.25, 0.3) is 0 Å². The number of nitrogens with zero attached hydrogens (tertiary/aromatic N) is 3. The number of rotatable bonds is 3. The summed E-state index contributed by atoms with van der Waals surface area (Å²) in [5.41, 5.74) is 6.99. The van der Waals surface area contributed by atoms with Crippen LogP contribution >= 0.6 is 0 Å². The molecular weight excluding hydrogens is 266 g/mol.